The van der Waals surface area contributed by atoms with Gasteiger partial charge in [0.2, 0.25) is 5.91 Å². The molecule has 0 aromatic heterocycles. The Bertz CT molecular complexity index is 978. The first-order chi connectivity index (χ1) is 14.7. The maximum absolute atomic E-state index is 13.6. The van der Waals surface area contributed by atoms with Crippen LogP contribution in [0, 0.1) is 0 Å². The molecule has 1 N–H and O–H groups in total. The van der Waals surface area contributed by atoms with Crippen LogP contribution in [-0.4, -0.2) is 23.3 Å². The number of nitrogens with zero attached hydrogens (tertiary/aromatic N) is 1. The average Bonchev–Trinajstić information content (AvgIpc) is 3.08. The van der Waals surface area contributed by atoms with Gasteiger partial charge in [-0.05, 0) is 29.2 Å². The maximum Gasteiger partial charge on any atom is 0.255 e. The van der Waals surface area contributed by atoms with Crippen molar-refractivity contribution in [3.05, 3.63) is 107 Å². The van der Waals surface area contributed by atoms with Gasteiger partial charge in [-0.15, -0.1) is 0 Å². The molecule has 2 amide bonds. The molecule has 1 atom stereocenters. The van der Waals surface area contributed by atoms with Crippen molar-refractivity contribution in [2.75, 3.05) is 6.54 Å². The first kappa shape index (κ1) is 19.9. The van der Waals surface area contributed by atoms with Gasteiger partial charge in [-0.25, -0.2) is 0 Å². The third kappa shape index (κ3) is 3.73. The largest absolute Gasteiger partial charge is 0.354 e. The van der Waals surface area contributed by atoms with Gasteiger partial charge in [0.25, 0.3) is 5.91 Å². The summed E-state index contributed by atoms with van der Waals surface area (Å²) in [6.07, 6.45) is 1.91. The van der Waals surface area contributed by atoms with E-state index in [4.69, 9.17) is 0 Å². The highest BCUT2D eigenvalue weighted by Crippen LogP contribution is 2.42. The molecule has 0 saturated carbocycles. The van der Waals surface area contributed by atoms with Crippen LogP contribution in [0.4, 0.5) is 0 Å². The Kier molecular flexibility index (Phi) is 5.94. The Morgan fingerprint density at radius 1 is 0.900 bits per heavy atom. The summed E-state index contributed by atoms with van der Waals surface area (Å²) < 4.78 is 0. The third-order valence-corrected chi connectivity index (χ3v) is 5.59. The zero-order valence-electron chi connectivity index (χ0n) is 17.1. The van der Waals surface area contributed by atoms with Gasteiger partial charge in [-0.2, -0.15) is 0 Å². The first-order valence-corrected chi connectivity index (χ1v) is 10.5. The number of nitrogens with one attached hydrogen (secondary N) is 1. The van der Waals surface area contributed by atoms with Crippen molar-refractivity contribution in [1.82, 2.24) is 10.2 Å². The number of rotatable bonds is 7. The van der Waals surface area contributed by atoms with Crippen molar-refractivity contribution in [3.63, 3.8) is 0 Å². The van der Waals surface area contributed by atoms with E-state index in [1.165, 1.54) is 0 Å². The van der Waals surface area contributed by atoms with Crippen LogP contribution in [0.3, 0.4) is 0 Å². The van der Waals surface area contributed by atoms with E-state index in [0.717, 1.165) is 29.5 Å². The van der Waals surface area contributed by atoms with Crippen molar-refractivity contribution < 1.29 is 9.59 Å². The monoisotopic (exact) mass is 398 g/mol. The van der Waals surface area contributed by atoms with Crippen LogP contribution in [0.5, 0.6) is 0 Å². The van der Waals surface area contributed by atoms with Gasteiger partial charge in [0.15, 0.2) is 0 Å². The second-order valence-electron chi connectivity index (χ2n) is 7.57. The number of unbranched alkanes of at least 4 members (excludes halogenated alkanes) is 1. The van der Waals surface area contributed by atoms with Crippen LogP contribution in [-0.2, 0) is 4.79 Å². The van der Waals surface area contributed by atoms with Crippen molar-refractivity contribution in [1.29, 1.82) is 0 Å². The third-order valence-electron chi connectivity index (χ3n) is 5.59. The minimum Gasteiger partial charge on any atom is -0.354 e. The van der Waals surface area contributed by atoms with Gasteiger partial charge in [0, 0.05) is 12.1 Å². The van der Waals surface area contributed by atoms with E-state index in [0.29, 0.717) is 12.1 Å². The average molecular weight is 399 g/mol. The molecule has 0 aliphatic carbocycles. The second kappa shape index (κ2) is 8.95. The number of carbonyl (C=O) groups excluding carboxylic acids is 2. The Hall–Kier alpha value is -3.40. The highest BCUT2D eigenvalue weighted by Gasteiger charge is 2.45. The van der Waals surface area contributed by atoms with Crippen LogP contribution in [0.25, 0.3) is 0 Å². The van der Waals surface area contributed by atoms with E-state index < -0.39 is 6.04 Å². The minimum atomic E-state index is -0.657. The predicted octanol–water partition coefficient (Wildman–Crippen LogP) is 4.89. The van der Waals surface area contributed by atoms with Crippen molar-refractivity contribution in [2.45, 2.75) is 31.8 Å². The Balaban J connectivity index is 1.82. The maximum atomic E-state index is 13.6. The topological polar surface area (TPSA) is 49.4 Å². The van der Waals surface area contributed by atoms with Crippen molar-refractivity contribution in [3.8, 4) is 0 Å². The summed E-state index contributed by atoms with van der Waals surface area (Å²) in [4.78, 5) is 28.6. The van der Waals surface area contributed by atoms with Gasteiger partial charge < -0.3 is 10.2 Å². The molecule has 1 unspecified atom stereocenters. The SMILES string of the molecule is CCCCNC(=O)C1c2ccccc2C(=O)N1C(c1ccccc1)c1ccccc1. The fourth-order valence-electron chi connectivity index (χ4n) is 4.14. The zero-order valence-corrected chi connectivity index (χ0v) is 17.1. The number of benzene rings is 3. The molecule has 0 radical (unpaired) electrons. The standard InChI is InChI=1S/C26H26N2O2/c1-2-3-18-27-25(29)24-21-16-10-11-17-22(21)26(30)28(24)23(19-12-6-4-7-13-19)20-14-8-5-9-15-20/h4-17,23-24H,2-3,18H2,1H3,(H,27,29). The van der Waals surface area contributed by atoms with Crippen LogP contribution in [0.15, 0.2) is 84.9 Å². The lowest BCUT2D eigenvalue weighted by molar-refractivity contribution is -0.126. The fourth-order valence-corrected chi connectivity index (χ4v) is 4.14. The minimum absolute atomic E-state index is 0.112. The molecule has 0 saturated heterocycles. The van der Waals surface area contributed by atoms with E-state index in [1.54, 1.807) is 4.90 Å². The fraction of sp³-hybridized carbons (Fsp3) is 0.231. The van der Waals surface area contributed by atoms with E-state index in [9.17, 15) is 9.59 Å². The zero-order chi connectivity index (χ0) is 20.9. The van der Waals surface area contributed by atoms with Gasteiger partial charge in [-0.1, -0.05) is 92.2 Å². The van der Waals surface area contributed by atoms with E-state index in [-0.39, 0.29) is 17.9 Å². The molecule has 0 bridgehead atoms. The molecular formula is C26H26N2O2. The van der Waals surface area contributed by atoms with Gasteiger partial charge in [-0.3, -0.25) is 9.59 Å². The molecule has 1 heterocycles. The molecule has 0 fully saturated rings. The lowest BCUT2D eigenvalue weighted by atomic mass is 9.95. The van der Waals surface area contributed by atoms with Gasteiger partial charge in [0.05, 0.1) is 6.04 Å². The molecule has 3 aromatic carbocycles. The lowest BCUT2D eigenvalue weighted by Gasteiger charge is -2.33. The second-order valence-corrected chi connectivity index (χ2v) is 7.57. The molecular weight excluding hydrogens is 372 g/mol. The number of hydrogen-bond donors (Lipinski definition) is 1. The summed E-state index contributed by atoms with van der Waals surface area (Å²) in [7, 11) is 0. The summed E-state index contributed by atoms with van der Waals surface area (Å²) in [5.74, 6) is -0.238. The number of hydrogen-bond acceptors (Lipinski definition) is 2. The van der Waals surface area contributed by atoms with Crippen LogP contribution >= 0.6 is 0 Å². The molecule has 1 aliphatic heterocycles. The number of carbonyl (C=O) groups is 2. The Morgan fingerprint density at radius 3 is 2.07 bits per heavy atom. The highest BCUT2D eigenvalue weighted by atomic mass is 16.2. The van der Waals surface area contributed by atoms with Crippen molar-refractivity contribution in [2.24, 2.45) is 0 Å². The normalized spacial score (nSPS) is 15.3. The summed E-state index contributed by atoms with van der Waals surface area (Å²) in [6, 6.07) is 26.3. The molecule has 1 aliphatic rings. The Morgan fingerprint density at radius 2 is 1.47 bits per heavy atom. The molecule has 30 heavy (non-hydrogen) atoms. The number of amides is 2. The van der Waals surface area contributed by atoms with Crippen LogP contribution in [0.2, 0.25) is 0 Å². The summed E-state index contributed by atoms with van der Waals surface area (Å²) >= 11 is 0. The van der Waals surface area contributed by atoms with Gasteiger partial charge >= 0.3 is 0 Å². The quantitative estimate of drug-likeness (QED) is 0.576. The summed E-state index contributed by atoms with van der Waals surface area (Å²) in [5.41, 5.74) is 3.34. The molecule has 4 rings (SSSR count). The molecule has 0 spiro atoms. The molecule has 152 valence electrons. The predicted molar refractivity (Wildman–Crippen MR) is 118 cm³/mol. The van der Waals surface area contributed by atoms with Crippen molar-refractivity contribution >= 4 is 11.8 Å². The smallest absolute Gasteiger partial charge is 0.255 e. The van der Waals surface area contributed by atoms with Crippen LogP contribution in [0.1, 0.15) is 58.9 Å². The summed E-state index contributed by atoms with van der Waals surface area (Å²) in [5, 5.41) is 3.04. The first-order valence-electron chi connectivity index (χ1n) is 10.5. The number of fused-ring (bicyclic) bond motifs is 1. The highest BCUT2D eigenvalue weighted by molar-refractivity contribution is 6.05. The van der Waals surface area contributed by atoms with E-state index in [1.807, 2.05) is 84.9 Å². The lowest BCUT2D eigenvalue weighted by Crippen LogP contribution is -2.41. The van der Waals surface area contributed by atoms with E-state index >= 15 is 0 Å². The summed E-state index contributed by atoms with van der Waals surface area (Å²) in [6.45, 7) is 2.70. The molecule has 4 heteroatoms. The van der Waals surface area contributed by atoms with Gasteiger partial charge in [0.1, 0.15) is 6.04 Å². The molecule has 3 aromatic rings. The Labute approximate surface area is 177 Å². The van der Waals surface area contributed by atoms with E-state index in [2.05, 4.69) is 12.2 Å². The van der Waals surface area contributed by atoms with Crippen LogP contribution < -0.4 is 5.32 Å². The molecule has 4 nitrogen and oxygen atoms in total.